The Labute approximate surface area is 99.3 Å². The van der Waals surface area contributed by atoms with E-state index in [0.717, 1.165) is 32.0 Å². The lowest BCUT2D eigenvalue weighted by Gasteiger charge is -2.14. The van der Waals surface area contributed by atoms with Crippen LogP contribution in [0.1, 0.15) is 45.9 Å². The second-order valence-electron chi connectivity index (χ2n) is 4.86. The number of rotatable bonds is 7. The summed E-state index contributed by atoms with van der Waals surface area (Å²) in [4.78, 5) is 4.44. The van der Waals surface area contributed by atoms with Gasteiger partial charge in [-0.25, -0.2) is 4.98 Å². The fourth-order valence-electron chi connectivity index (χ4n) is 1.86. The van der Waals surface area contributed by atoms with Crippen LogP contribution in [0.25, 0.3) is 0 Å². The minimum atomic E-state index is 0.537. The summed E-state index contributed by atoms with van der Waals surface area (Å²) in [5, 5.41) is 3.48. The molecule has 1 atom stereocenters. The Hall–Kier alpha value is -0.830. The van der Waals surface area contributed by atoms with E-state index in [2.05, 4.69) is 48.8 Å². The highest BCUT2D eigenvalue weighted by molar-refractivity contribution is 4.98. The van der Waals surface area contributed by atoms with Gasteiger partial charge in [-0.05, 0) is 32.4 Å². The summed E-state index contributed by atoms with van der Waals surface area (Å²) in [6.45, 7) is 12.1. The molecule has 3 nitrogen and oxygen atoms in total. The number of aryl methyl sites for hydroxylation is 1. The molecule has 0 radical (unpaired) electrons. The highest BCUT2D eigenvalue weighted by atomic mass is 15.1. The van der Waals surface area contributed by atoms with Gasteiger partial charge in [-0.3, -0.25) is 0 Å². The van der Waals surface area contributed by atoms with Gasteiger partial charge >= 0.3 is 0 Å². The molecule has 92 valence electrons. The Morgan fingerprint density at radius 2 is 2.12 bits per heavy atom. The van der Waals surface area contributed by atoms with Crippen LogP contribution in [-0.2, 0) is 6.54 Å². The van der Waals surface area contributed by atoms with Crippen LogP contribution in [-0.4, -0.2) is 22.6 Å². The number of aromatic nitrogens is 2. The van der Waals surface area contributed by atoms with Crippen molar-refractivity contribution in [2.75, 3.05) is 13.1 Å². The summed E-state index contributed by atoms with van der Waals surface area (Å²) in [7, 11) is 0. The molecule has 0 saturated heterocycles. The topological polar surface area (TPSA) is 29.9 Å². The maximum atomic E-state index is 4.44. The number of nitrogens with zero attached hydrogens (tertiary/aromatic N) is 2. The van der Waals surface area contributed by atoms with Crippen LogP contribution >= 0.6 is 0 Å². The van der Waals surface area contributed by atoms with Gasteiger partial charge in [0.2, 0.25) is 0 Å². The molecule has 1 rings (SSSR count). The van der Waals surface area contributed by atoms with Crippen molar-refractivity contribution < 1.29 is 0 Å². The summed E-state index contributed by atoms with van der Waals surface area (Å²) in [6, 6.07) is 0. The molecule has 0 fully saturated rings. The van der Waals surface area contributed by atoms with E-state index < -0.39 is 0 Å². The second kappa shape index (κ2) is 6.69. The van der Waals surface area contributed by atoms with Crippen LogP contribution in [0.4, 0.5) is 0 Å². The Morgan fingerprint density at radius 3 is 2.75 bits per heavy atom. The number of imidazole rings is 1. The van der Waals surface area contributed by atoms with Crippen LogP contribution in [0.5, 0.6) is 0 Å². The molecular formula is C13H25N3. The first-order valence-electron chi connectivity index (χ1n) is 6.36. The molecule has 0 aliphatic rings. The largest absolute Gasteiger partial charge is 0.335 e. The molecule has 1 N–H and O–H groups in total. The quantitative estimate of drug-likeness (QED) is 0.720. The van der Waals surface area contributed by atoms with Crippen molar-refractivity contribution >= 4 is 0 Å². The van der Waals surface area contributed by atoms with E-state index in [-0.39, 0.29) is 0 Å². The van der Waals surface area contributed by atoms with Crippen LogP contribution in [0.15, 0.2) is 12.4 Å². The molecule has 0 aliphatic carbocycles. The van der Waals surface area contributed by atoms with E-state index in [9.17, 15) is 0 Å². The van der Waals surface area contributed by atoms with E-state index in [1.165, 1.54) is 5.82 Å². The standard InChI is InChI=1S/C13H25N3/c1-5-16-9-8-15-13(16)12(4)6-7-14-10-11(2)3/h8-9,11-12,14H,5-7,10H2,1-4H3. The van der Waals surface area contributed by atoms with E-state index in [1.807, 2.05) is 6.20 Å². The van der Waals surface area contributed by atoms with Gasteiger partial charge in [0.15, 0.2) is 0 Å². The third-order valence-corrected chi connectivity index (χ3v) is 2.84. The highest BCUT2D eigenvalue weighted by Gasteiger charge is 2.10. The summed E-state index contributed by atoms with van der Waals surface area (Å²) in [5.41, 5.74) is 0. The zero-order valence-corrected chi connectivity index (χ0v) is 11.0. The second-order valence-corrected chi connectivity index (χ2v) is 4.86. The number of nitrogens with one attached hydrogen (secondary N) is 1. The fourth-order valence-corrected chi connectivity index (χ4v) is 1.86. The Balaban J connectivity index is 2.32. The monoisotopic (exact) mass is 223 g/mol. The maximum Gasteiger partial charge on any atom is 0.111 e. The molecule has 1 unspecified atom stereocenters. The molecule has 3 heteroatoms. The molecule has 16 heavy (non-hydrogen) atoms. The SMILES string of the molecule is CCn1ccnc1C(C)CCNCC(C)C. The summed E-state index contributed by atoms with van der Waals surface area (Å²) in [6.07, 6.45) is 5.12. The smallest absolute Gasteiger partial charge is 0.111 e. The van der Waals surface area contributed by atoms with E-state index in [0.29, 0.717) is 5.92 Å². The van der Waals surface area contributed by atoms with Crippen molar-refractivity contribution in [1.29, 1.82) is 0 Å². The van der Waals surface area contributed by atoms with E-state index in [1.54, 1.807) is 0 Å². The van der Waals surface area contributed by atoms with Crippen LogP contribution in [0.2, 0.25) is 0 Å². The molecule has 0 bridgehead atoms. The predicted molar refractivity (Wildman–Crippen MR) is 68.6 cm³/mol. The minimum absolute atomic E-state index is 0.537. The first-order valence-corrected chi connectivity index (χ1v) is 6.36. The molecular weight excluding hydrogens is 198 g/mol. The van der Waals surface area contributed by atoms with Gasteiger partial charge < -0.3 is 9.88 Å². The summed E-state index contributed by atoms with van der Waals surface area (Å²) >= 11 is 0. The summed E-state index contributed by atoms with van der Waals surface area (Å²) < 4.78 is 2.23. The van der Waals surface area contributed by atoms with Gasteiger partial charge in [0.25, 0.3) is 0 Å². The third-order valence-electron chi connectivity index (χ3n) is 2.84. The zero-order valence-electron chi connectivity index (χ0n) is 11.0. The predicted octanol–water partition coefficient (Wildman–Crippen LogP) is 2.64. The average molecular weight is 223 g/mol. The number of hydrogen-bond acceptors (Lipinski definition) is 2. The third kappa shape index (κ3) is 3.97. The Bertz CT molecular complexity index is 291. The first kappa shape index (κ1) is 13.2. The normalized spacial score (nSPS) is 13.3. The van der Waals surface area contributed by atoms with Crippen molar-refractivity contribution in [2.45, 2.75) is 46.6 Å². The van der Waals surface area contributed by atoms with Gasteiger partial charge in [0, 0.05) is 24.9 Å². The molecule has 0 aliphatic heterocycles. The van der Waals surface area contributed by atoms with E-state index in [4.69, 9.17) is 0 Å². The fraction of sp³-hybridized carbons (Fsp3) is 0.769. The van der Waals surface area contributed by atoms with Gasteiger partial charge in [-0.2, -0.15) is 0 Å². The highest BCUT2D eigenvalue weighted by Crippen LogP contribution is 2.16. The molecule has 0 amide bonds. The maximum absolute atomic E-state index is 4.44. The zero-order chi connectivity index (χ0) is 12.0. The van der Waals surface area contributed by atoms with Crippen molar-refractivity contribution in [2.24, 2.45) is 5.92 Å². The Kier molecular flexibility index (Phi) is 5.53. The van der Waals surface area contributed by atoms with Crippen LogP contribution in [0, 0.1) is 5.92 Å². The van der Waals surface area contributed by atoms with Gasteiger partial charge in [0.1, 0.15) is 5.82 Å². The van der Waals surface area contributed by atoms with Crippen molar-refractivity contribution in [3.63, 3.8) is 0 Å². The van der Waals surface area contributed by atoms with Gasteiger partial charge in [-0.1, -0.05) is 20.8 Å². The van der Waals surface area contributed by atoms with Crippen molar-refractivity contribution in [1.82, 2.24) is 14.9 Å². The molecule has 0 spiro atoms. The van der Waals surface area contributed by atoms with Crippen LogP contribution < -0.4 is 5.32 Å². The van der Waals surface area contributed by atoms with Crippen LogP contribution in [0.3, 0.4) is 0 Å². The van der Waals surface area contributed by atoms with Gasteiger partial charge in [0.05, 0.1) is 0 Å². The van der Waals surface area contributed by atoms with Crippen molar-refractivity contribution in [3.8, 4) is 0 Å². The Morgan fingerprint density at radius 1 is 1.38 bits per heavy atom. The lowest BCUT2D eigenvalue weighted by atomic mass is 10.1. The molecule has 0 aromatic carbocycles. The molecule has 0 saturated carbocycles. The first-order chi connectivity index (χ1) is 7.65. The van der Waals surface area contributed by atoms with E-state index >= 15 is 0 Å². The van der Waals surface area contributed by atoms with Gasteiger partial charge in [-0.15, -0.1) is 0 Å². The van der Waals surface area contributed by atoms with Crippen molar-refractivity contribution in [3.05, 3.63) is 18.2 Å². The average Bonchev–Trinajstić information content (AvgIpc) is 2.71. The molecule has 1 aromatic rings. The summed E-state index contributed by atoms with van der Waals surface area (Å²) in [5.74, 6) is 2.48. The molecule has 1 heterocycles. The lowest BCUT2D eigenvalue weighted by Crippen LogP contribution is -2.22. The number of hydrogen-bond donors (Lipinski definition) is 1. The lowest BCUT2D eigenvalue weighted by molar-refractivity contribution is 0.509. The minimum Gasteiger partial charge on any atom is -0.335 e. The molecule has 1 aromatic heterocycles.